The minimum atomic E-state index is -1.10. The van der Waals surface area contributed by atoms with Gasteiger partial charge in [0.2, 0.25) is 0 Å². The number of carbonyl (C=O) groups excluding carboxylic acids is 1. The molecule has 0 unspecified atom stereocenters. The maximum absolute atomic E-state index is 11.4. The standard InChI is InChI=1S/C30H48O5/c1-24(2)12-9-15-27(5)18-10-16-25(3)13-7-8-14-26(4)17-11-19-28(6)20-21-35-30(33)23-34-22-29(31)32/h12-14,18-19H,7-11,15-17,20-23H2,1-6H3,(H,31,32)/b25-13+,26-14?,27-18+,28-19?. The molecule has 0 aromatic carbocycles. The second-order valence-electron chi connectivity index (χ2n) is 9.53. The van der Waals surface area contributed by atoms with Crippen LogP contribution in [0.25, 0.3) is 0 Å². The van der Waals surface area contributed by atoms with Gasteiger partial charge in [-0.1, -0.05) is 58.2 Å². The molecule has 35 heavy (non-hydrogen) atoms. The van der Waals surface area contributed by atoms with Gasteiger partial charge in [-0.2, -0.15) is 0 Å². The van der Waals surface area contributed by atoms with Crippen molar-refractivity contribution in [1.82, 2.24) is 0 Å². The Labute approximate surface area is 213 Å². The van der Waals surface area contributed by atoms with E-state index in [1.165, 1.54) is 27.9 Å². The van der Waals surface area contributed by atoms with Crippen LogP contribution in [0.4, 0.5) is 0 Å². The summed E-state index contributed by atoms with van der Waals surface area (Å²) < 4.78 is 9.75. The third kappa shape index (κ3) is 23.1. The molecule has 0 saturated carbocycles. The first-order valence-electron chi connectivity index (χ1n) is 12.8. The molecule has 0 aromatic rings. The van der Waals surface area contributed by atoms with Crippen LogP contribution in [-0.2, 0) is 19.1 Å². The molecule has 0 saturated heterocycles. The highest BCUT2D eigenvalue weighted by molar-refractivity contribution is 5.72. The van der Waals surface area contributed by atoms with E-state index >= 15 is 0 Å². The predicted molar refractivity (Wildman–Crippen MR) is 145 cm³/mol. The van der Waals surface area contributed by atoms with Crippen LogP contribution < -0.4 is 0 Å². The van der Waals surface area contributed by atoms with Gasteiger partial charge in [0.25, 0.3) is 0 Å². The third-order valence-corrected chi connectivity index (χ3v) is 5.51. The van der Waals surface area contributed by atoms with Crippen LogP contribution in [0.2, 0.25) is 0 Å². The van der Waals surface area contributed by atoms with Crippen molar-refractivity contribution in [1.29, 1.82) is 0 Å². The average Bonchev–Trinajstić information content (AvgIpc) is 2.76. The number of carboxylic acid groups (broad SMARTS) is 1. The highest BCUT2D eigenvalue weighted by Gasteiger charge is 2.05. The minimum Gasteiger partial charge on any atom is -0.480 e. The number of allylic oxidation sites excluding steroid dienone is 9. The van der Waals surface area contributed by atoms with Crippen molar-refractivity contribution in [2.24, 2.45) is 0 Å². The molecule has 0 aromatic heterocycles. The number of carboxylic acids is 1. The van der Waals surface area contributed by atoms with Crippen molar-refractivity contribution in [3.05, 3.63) is 58.2 Å². The first-order chi connectivity index (χ1) is 16.6. The van der Waals surface area contributed by atoms with Gasteiger partial charge in [-0.3, -0.25) is 0 Å². The Morgan fingerprint density at radius 3 is 1.49 bits per heavy atom. The molecule has 0 fully saturated rings. The number of esters is 1. The van der Waals surface area contributed by atoms with Crippen LogP contribution in [0.3, 0.4) is 0 Å². The maximum Gasteiger partial charge on any atom is 0.332 e. The van der Waals surface area contributed by atoms with Crippen molar-refractivity contribution in [2.45, 2.75) is 99.3 Å². The number of unbranched alkanes of at least 4 members (excludes halogenated alkanes) is 1. The fourth-order valence-corrected chi connectivity index (χ4v) is 3.34. The highest BCUT2D eigenvalue weighted by atomic mass is 16.6. The zero-order chi connectivity index (χ0) is 26.5. The van der Waals surface area contributed by atoms with Crippen LogP contribution >= 0.6 is 0 Å². The number of carbonyl (C=O) groups is 2. The van der Waals surface area contributed by atoms with E-state index in [2.05, 4.69) is 65.0 Å². The average molecular weight is 489 g/mol. The van der Waals surface area contributed by atoms with E-state index in [0.29, 0.717) is 6.42 Å². The summed E-state index contributed by atoms with van der Waals surface area (Å²) in [6.45, 7) is 12.4. The molecule has 5 nitrogen and oxygen atoms in total. The fraction of sp³-hybridized carbons (Fsp3) is 0.600. The molecule has 0 aliphatic carbocycles. The number of rotatable bonds is 19. The van der Waals surface area contributed by atoms with Crippen molar-refractivity contribution in [3.8, 4) is 0 Å². The van der Waals surface area contributed by atoms with Crippen LogP contribution in [0.15, 0.2) is 58.2 Å². The molecule has 0 rings (SSSR count). The molecular formula is C30H48O5. The summed E-state index contributed by atoms with van der Waals surface area (Å²) in [7, 11) is 0. The molecule has 0 amide bonds. The Hall–Kier alpha value is -2.40. The van der Waals surface area contributed by atoms with Crippen molar-refractivity contribution < 1.29 is 24.2 Å². The van der Waals surface area contributed by atoms with Crippen LogP contribution in [-0.4, -0.2) is 36.9 Å². The Morgan fingerprint density at radius 1 is 0.600 bits per heavy atom. The molecule has 5 heteroatoms. The summed E-state index contributed by atoms with van der Waals surface area (Å²) in [4.78, 5) is 21.8. The van der Waals surface area contributed by atoms with Gasteiger partial charge in [0, 0.05) is 6.42 Å². The van der Waals surface area contributed by atoms with Gasteiger partial charge in [-0.15, -0.1) is 0 Å². The first kappa shape index (κ1) is 32.6. The number of hydrogen-bond donors (Lipinski definition) is 1. The van der Waals surface area contributed by atoms with Gasteiger partial charge in [-0.05, 0) is 92.9 Å². The van der Waals surface area contributed by atoms with Gasteiger partial charge in [0.1, 0.15) is 13.2 Å². The van der Waals surface area contributed by atoms with Crippen LogP contribution in [0, 0.1) is 0 Å². The number of ether oxygens (including phenoxy) is 2. The summed E-state index contributed by atoms with van der Waals surface area (Å²) in [5, 5.41) is 8.46. The second kappa shape index (κ2) is 20.9. The fourth-order valence-electron chi connectivity index (χ4n) is 3.34. The van der Waals surface area contributed by atoms with Crippen LogP contribution in [0.5, 0.6) is 0 Å². The smallest absolute Gasteiger partial charge is 0.332 e. The van der Waals surface area contributed by atoms with Gasteiger partial charge >= 0.3 is 11.9 Å². The zero-order valence-corrected chi connectivity index (χ0v) is 23.0. The number of aliphatic carboxylic acids is 1. The van der Waals surface area contributed by atoms with E-state index in [0.717, 1.165) is 51.4 Å². The molecular weight excluding hydrogens is 440 g/mol. The van der Waals surface area contributed by atoms with E-state index in [9.17, 15) is 9.59 Å². The SMILES string of the molecule is CC(C)=CCC/C(C)=C/CC/C(C)=C/CCC=C(C)CCC=C(C)CCOC(=O)COCC(=O)O. The predicted octanol–water partition coefficient (Wildman–Crippen LogP) is 7.89. The van der Waals surface area contributed by atoms with Gasteiger partial charge in [-0.25, -0.2) is 9.59 Å². The lowest BCUT2D eigenvalue weighted by atomic mass is 10.0. The van der Waals surface area contributed by atoms with Crippen LogP contribution in [0.1, 0.15) is 99.3 Å². The molecule has 198 valence electrons. The zero-order valence-electron chi connectivity index (χ0n) is 23.0. The lowest BCUT2D eigenvalue weighted by Crippen LogP contribution is -2.17. The Balaban J connectivity index is 4.02. The second-order valence-corrected chi connectivity index (χ2v) is 9.53. The Bertz CT molecular complexity index is 777. The molecule has 0 radical (unpaired) electrons. The van der Waals surface area contributed by atoms with E-state index in [-0.39, 0.29) is 13.2 Å². The first-order valence-corrected chi connectivity index (χ1v) is 12.8. The highest BCUT2D eigenvalue weighted by Crippen LogP contribution is 2.14. The van der Waals surface area contributed by atoms with E-state index in [4.69, 9.17) is 14.6 Å². The van der Waals surface area contributed by atoms with Gasteiger partial charge in [0.15, 0.2) is 0 Å². The maximum atomic E-state index is 11.4. The molecule has 0 aliphatic heterocycles. The molecule has 0 bridgehead atoms. The molecule has 0 spiro atoms. The molecule has 1 N–H and O–H groups in total. The normalized spacial score (nSPS) is 13.1. The van der Waals surface area contributed by atoms with E-state index < -0.39 is 18.5 Å². The largest absolute Gasteiger partial charge is 0.480 e. The van der Waals surface area contributed by atoms with E-state index in [1.54, 1.807) is 0 Å². The van der Waals surface area contributed by atoms with Crippen molar-refractivity contribution in [2.75, 3.05) is 19.8 Å². The van der Waals surface area contributed by atoms with E-state index in [1.807, 2.05) is 6.92 Å². The third-order valence-electron chi connectivity index (χ3n) is 5.51. The summed E-state index contributed by atoms with van der Waals surface area (Å²) >= 11 is 0. The quantitative estimate of drug-likeness (QED) is 0.114. The van der Waals surface area contributed by atoms with Gasteiger partial charge in [0.05, 0.1) is 6.61 Å². The van der Waals surface area contributed by atoms with Crippen molar-refractivity contribution >= 4 is 11.9 Å². The lowest BCUT2D eigenvalue weighted by molar-refractivity contribution is -0.152. The summed E-state index contributed by atoms with van der Waals surface area (Å²) in [5.74, 6) is -1.64. The Kier molecular flexibility index (Phi) is 19.5. The van der Waals surface area contributed by atoms with Gasteiger partial charge < -0.3 is 14.6 Å². The summed E-state index contributed by atoms with van der Waals surface area (Å²) in [6, 6.07) is 0. The molecule has 0 aliphatic rings. The monoisotopic (exact) mass is 488 g/mol. The molecule has 0 heterocycles. The summed E-state index contributed by atoms with van der Waals surface area (Å²) in [5.41, 5.74) is 6.93. The Morgan fingerprint density at radius 2 is 1.03 bits per heavy atom. The minimum absolute atomic E-state index is 0.281. The lowest BCUT2D eigenvalue weighted by Gasteiger charge is -2.05. The number of hydrogen-bond acceptors (Lipinski definition) is 4. The molecule has 0 atom stereocenters. The topological polar surface area (TPSA) is 72.8 Å². The summed E-state index contributed by atoms with van der Waals surface area (Å²) in [6.07, 6.45) is 21.0. The van der Waals surface area contributed by atoms with Crippen molar-refractivity contribution in [3.63, 3.8) is 0 Å².